The first-order chi connectivity index (χ1) is 8.70. The van der Waals surface area contributed by atoms with Gasteiger partial charge in [-0.25, -0.2) is 0 Å². The van der Waals surface area contributed by atoms with E-state index in [1.165, 1.54) is 0 Å². The molecule has 6 heteroatoms. The number of amides is 1. The minimum absolute atomic E-state index is 0.00568. The van der Waals surface area contributed by atoms with Crippen molar-refractivity contribution in [2.24, 2.45) is 0 Å². The average Bonchev–Trinajstić information content (AvgIpc) is 2.94. The van der Waals surface area contributed by atoms with E-state index in [2.05, 4.69) is 20.8 Å². The van der Waals surface area contributed by atoms with Crippen LogP contribution in [-0.2, 0) is 6.42 Å². The van der Waals surface area contributed by atoms with Gasteiger partial charge in [-0.1, -0.05) is 0 Å². The van der Waals surface area contributed by atoms with Crippen LogP contribution in [0.4, 0.5) is 5.00 Å². The van der Waals surface area contributed by atoms with Gasteiger partial charge in [0.15, 0.2) is 0 Å². The lowest BCUT2D eigenvalue weighted by molar-refractivity contribution is 0.0931. The summed E-state index contributed by atoms with van der Waals surface area (Å²) >= 11 is 1.58. The Labute approximate surface area is 109 Å². The molecule has 0 aromatic carbocycles. The van der Waals surface area contributed by atoms with Crippen LogP contribution in [0.1, 0.15) is 22.8 Å². The number of aromatic nitrogens is 2. The molecule has 1 amide bonds. The van der Waals surface area contributed by atoms with Crippen molar-refractivity contribution in [1.29, 1.82) is 0 Å². The van der Waals surface area contributed by atoms with E-state index < -0.39 is 0 Å². The van der Waals surface area contributed by atoms with Crippen molar-refractivity contribution in [3.63, 3.8) is 0 Å². The number of anilines is 1. The third-order valence-electron chi connectivity index (χ3n) is 3.08. The van der Waals surface area contributed by atoms with Gasteiger partial charge in [-0.15, -0.1) is 11.3 Å². The van der Waals surface area contributed by atoms with Crippen molar-refractivity contribution in [3.8, 4) is 10.6 Å². The van der Waals surface area contributed by atoms with E-state index in [0.717, 1.165) is 33.1 Å². The molecule has 94 valence electrons. The zero-order chi connectivity index (χ0) is 12.7. The molecule has 3 heterocycles. The van der Waals surface area contributed by atoms with Crippen molar-refractivity contribution >= 4 is 22.2 Å². The Balaban J connectivity index is 2.20. The topological polar surface area (TPSA) is 69.8 Å². The number of H-pyrrole nitrogens is 1. The molecule has 0 aliphatic carbocycles. The molecule has 0 saturated carbocycles. The van der Waals surface area contributed by atoms with Crippen LogP contribution in [0, 0.1) is 0 Å². The lowest BCUT2D eigenvalue weighted by atomic mass is 9.96. The molecule has 0 radical (unpaired) electrons. The van der Waals surface area contributed by atoms with Gasteiger partial charge in [-0.3, -0.25) is 9.89 Å². The summed E-state index contributed by atoms with van der Waals surface area (Å²) in [4.78, 5) is 13.2. The number of carbonyl (C=O) groups excluding carboxylic acids is 1. The van der Waals surface area contributed by atoms with E-state index in [9.17, 15) is 4.79 Å². The van der Waals surface area contributed by atoms with Crippen LogP contribution >= 0.6 is 11.3 Å². The van der Waals surface area contributed by atoms with Gasteiger partial charge in [0.2, 0.25) is 0 Å². The second-order valence-electron chi connectivity index (χ2n) is 4.40. The molecule has 2 aromatic rings. The van der Waals surface area contributed by atoms with Crippen LogP contribution in [0.5, 0.6) is 0 Å². The van der Waals surface area contributed by atoms with Crippen LogP contribution in [0.25, 0.3) is 10.6 Å². The zero-order valence-electron chi connectivity index (χ0n) is 10.2. The smallest absolute Gasteiger partial charge is 0.254 e. The summed E-state index contributed by atoms with van der Waals surface area (Å²) in [5.74, 6) is 0.00568. The first-order valence-corrected chi connectivity index (χ1v) is 6.66. The monoisotopic (exact) mass is 262 g/mol. The van der Waals surface area contributed by atoms with E-state index in [0.29, 0.717) is 0 Å². The van der Waals surface area contributed by atoms with Gasteiger partial charge in [-0.05, 0) is 25.0 Å². The summed E-state index contributed by atoms with van der Waals surface area (Å²) in [5.41, 5.74) is 2.78. The highest BCUT2D eigenvalue weighted by Gasteiger charge is 2.30. The summed E-state index contributed by atoms with van der Waals surface area (Å²) in [7, 11) is 1.84. The SMILES string of the molecule is CNc1sc(-c2cc[nH]n2)c2c1C(=O)N[C@H](C)C2. The molecule has 0 fully saturated rings. The van der Waals surface area contributed by atoms with E-state index in [1.807, 2.05) is 20.0 Å². The predicted octanol–water partition coefficient (Wildman–Crippen LogP) is 1.85. The molecule has 5 nitrogen and oxygen atoms in total. The maximum atomic E-state index is 12.1. The summed E-state index contributed by atoms with van der Waals surface area (Å²) in [5, 5.41) is 14.0. The zero-order valence-corrected chi connectivity index (χ0v) is 11.0. The molecule has 0 bridgehead atoms. The van der Waals surface area contributed by atoms with Crippen LogP contribution in [0.15, 0.2) is 12.3 Å². The minimum Gasteiger partial charge on any atom is -0.379 e. The third kappa shape index (κ3) is 1.60. The van der Waals surface area contributed by atoms with Gasteiger partial charge in [0.25, 0.3) is 5.91 Å². The van der Waals surface area contributed by atoms with Crippen LogP contribution in [0.2, 0.25) is 0 Å². The first kappa shape index (κ1) is 11.3. The highest BCUT2D eigenvalue weighted by molar-refractivity contribution is 7.20. The molecular formula is C12H14N4OS. The van der Waals surface area contributed by atoms with Gasteiger partial charge in [0.05, 0.1) is 10.4 Å². The minimum atomic E-state index is 0.00568. The van der Waals surface area contributed by atoms with Crippen molar-refractivity contribution < 1.29 is 4.79 Å². The number of carbonyl (C=O) groups is 1. The van der Waals surface area contributed by atoms with Crippen molar-refractivity contribution in [1.82, 2.24) is 15.5 Å². The summed E-state index contributed by atoms with van der Waals surface area (Å²) in [6.45, 7) is 2.02. The Bertz CT molecular complexity index is 587. The molecule has 3 N–H and O–H groups in total. The van der Waals surface area contributed by atoms with Crippen molar-refractivity contribution in [2.45, 2.75) is 19.4 Å². The Morgan fingerprint density at radius 3 is 3.06 bits per heavy atom. The Morgan fingerprint density at radius 1 is 1.56 bits per heavy atom. The summed E-state index contributed by atoms with van der Waals surface area (Å²) in [6.07, 6.45) is 2.65. The molecule has 18 heavy (non-hydrogen) atoms. The molecule has 0 unspecified atom stereocenters. The van der Waals surface area contributed by atoms with E-state index >= 15 is 0 Å². The lowest BCUT2D eigenvalue weighted by Crippen LogP contribution is -2.39. The fourth-order valence-electron chi connectivity index (χ4n) is 2.32. The second-order valence-corrected chi connectivity index (χ2v) is 5.42. The summed E-state index contributed by atoms with van der Waals surface area (Å²) < 4.78 is 0. The first-order valence-electron chi connectivity index (χ1n) is 5.85. The maximum absolute atomic E-state index is 12.1. The quantitative estimate of drug-likeness (QED) is 0.773. The lowest BCUT2D eigenvalue weighted by Gasteiger charge is -2.21. The van der Waals surface area contributed by atoms with Gasteiger partial charge >= 0.3 is 0 Å². The standard InChI is InChI=1S/C12H14N4OS/c1-6-5-7-9(11(17)15-6)12(13-2)18-10(7)8-3-4-14-16-8/h3-4,6,13H,5H2,1-2H3,(H,14,16)(H,15,17)/t6-/m1/s1. The van der Waals surface area contributed by atoms with Gasteiger partial charge in [0, 0.05) is 19.3 Å². The van der Waals surface area contributed by atoms with Gasteiger partial charge in [0.1, 0.15) is 10.7 Å². The molecule has 1 aliphatic rings. The third-order valence-corrected chi connectivity index (χ3v) is 4.35. The molecule has 0 saturated heterocycles. The van der Waals surface area contributed by atoms with E-state index in [-0.39, 0.29) is 11.9 Å². The number of hydrogen-bond donors (Lipinski definition) is 3. The predicted molar refractivity (Wildman–Crippen MR) is 72.1 cm³/mol. The number of nitrogens with zero attached hydrogens (tertiary/aromatic N) is 1. The largest absolute Gasteiger partial charge is 0.379 e. The van der Waals surface area contributed by atoms with Crippen LogP contribution in [-0.4, -0.2) is 29.2 Å². The fraction of sp³-hybridized carbons (Fsp3) is 0.333. The van der Waals surface area contributed by atoms with Gasteiger partial charge < -0.3 is 10.6 Å². The molecular weight excluding hydrogens is 248 g/mol. The molecule has 1 atom stereocenters. The normalized spacial score (nSPS) is 18.3. The Hall–Kier alpha value is -1.82. The number of hydrogen-bond acceptors (Lipinski definition) is 4. The average molecular weight is 262 g/mol. The number of rotatable bonds is 2. The molecule has 3 rings (SSSR count). The number of thiophene rings is 1. The van der Waals surface area contributed by atoms with Crippen molar-refractivity contribution in [3.05, 3.63) is 23.4 Å². The maximum Gasteiger partial charge on any atom is 0.254 e. The number of fused-ring (bicyclic) bond motifs is 1. The number of aromatic amines is 1. The second kappa shape index (κ2) is 4.13. The van der Waals surface area contributed by atoms with Gasteiger partial charge in [-0.2, -0.15) is 5.10 Å². The van der Waals surface area contributed by atoms with E-state index in [4.69, 9.17) is 0 Å². The Kier molecular flexibility index (Phi) is 2.59. The summed E-state index contributed by atoms with van der Waals surface area (Å²) in [6, 6.07) is 2.10. The molecule has 2 aromatic heterocycles. The van der Waals surface area contributed by atoms with Crippen molar-refractivity contribution in [2.75, 3.05) is 12.4 Å². The van der Waals surface area contributed by atoms with Crippen LogP contribution in [0.3, 0.4) is 0 Å². The van der Waals surface area contributed by atoms with E-state index in [1.54, 1.807) is 17.5 Å². The van der Waals surface area contributed by atoms with Crippen LogP contribution < -0.4 is 10.6 Å². The molecule has 0 spiro atoms. The highest BCUT2D eigenvalue weighted by atomic mass is 32.1. The fourth-order valence-corrected chi connectivity index (χ4v) is 3.47. The molecule has 1 aliphatic heterocycles. The number of nitrogens with one attached hydrogen (secondary N) is 3. The highest BCUT2D eigenvalue weighted by Crippen LogP contribution is 2.41. The Morgan fingerprint density at radius 2 is 2.39 bits per heavy atom.